The maximum Gasteiger partial charge on any atom is 0.0501 e. The summed E-state index contributed by atoms with van der Waals surface area (Å²) in [6.07, 6.45) is 5.13. The number of likely N-dealkylation sites (tertiary alicyclic amines) is 1. The van der Waals surface area contributed by atoms with Crippen molar-refractivity contribution in [2.45, 2.75) is 63.6 Å². The number of hydrogen-bond donors (Lipinski definition) is 1. The maximum atomic E-state index is 6.44. The van der Waals surface area contributed by atoms with Crippen LogP contribution in [0.2, 0.25) is 0 Å². The minimum Gasteiger partial charge on any atom is -0.326 e. The Hall–Kier alpha value is -0.860. The molecule has 2 heteroatoms. The molecule has 19 heavy (non-hydrogen) atoms. The minimum absolute atomic E-state index is 0.283. The zero-order chi connectivity index (χ0) is 13.4. The van der Waals surface area contributed by atoms with Gasteiger partial charge in [-0.2, -0.15) is 0 Å². The van der Waals surface area contributed by atoms with Crippen LogP contribution in [0.4, 0.5) is 0 Å². The number of hydrogen-bond acceptors (Lipinski definition) is 2. The third-order valence-electron chi connectivity index (χ3n) is 4.68. The van der Waals surface area contributed by atoms with Crippen molar-refractivity contribution < 1.29 is 0 Å². The molecule has 0 amide bonds. The molecule has 1 aliphatic carbocycles. The highest BCUT2D eigenvalue weighted by atomic mass is 15.2. The van der Waals surface area contributed by atoms with Gasteiger partial charge in [-0.3, -0.25) is 4.90 Å². The second-order valence-electron chi connectivity index (χ2n) is 6.53. The summed E-state index contributed by atoms with van der Waals surface area (Å²) in [5, 5.41) is 0. The zero-order valence-electron chi connectivity index (χ0n) is 12.2. The number of piperidine rings is 1. The first kappa shape index (κ1) is 13.1. The van der Waals surface area contributed by atoms with E-state index in [-0.39, 0.29) is 6.04 Å². The van der Waals surface area contributed by atoms with Crippen molar-refractivity contribution in [2.24, 2.45) is 5.73 Å². The van der Waals surface area contributed by atoms with Gasteiger partial charge in [-0.05, 0) is 63.1 Å². The van der Waals surface area contributed by atoms with E-state index in [2.05, 4.69) is 43.0 Å². The molecule has 2 fully saturated rings. The van der Waals surface area contributed by atoms with E-state index in [9.17, 15) is 0 Å². The lowest BCUT2D eigenvalue weighted by atomic mass is 9.89. The van der Waals surface area contributed by atoms with Gasteiger partial charge >= 0.3 is 0 Å². The van der Waals surface area contributed by atoms with Crippen molar-refractivity contribution in [3.8, 4) is 0 Å². The van der Waals surface area contributed by atoms with E-state index < -0.39 is 0 Å². The monoisotopic (exact) mass is 258 g/mol. The molecule has 1 saturated heterocycles. The van der Waals surface area contributed by atoms with Crippen LogP contribution in [0.25, 0.3) is 0 Å². The van der Waals surface area contributed by atoms with E-state index in [0.29, 0.717) is 12.1 Å². The fourth-order valence-corrected chi connectivity index (χ4v) is 3.48. The van der Waals surface area contributed by atoms with E-state index in [1.807, 2.05) is 0 Å². The molecule has 3 rings (SSSR count). The van der Waals surface area contributed by atoms with Crippen molar-refractivity contribution in [1.82, 2.24) is 4.90 Å². The van der Waals surface area contributed by atoms with Crippen molar-refractivity contribution in [3.63, 3.8) is 0 Å². The molecule has 0 aromatic heterocycles. The summed E-state index contributed by atoms with van der Waals surface area (Å²) in [7, 11) is 0. The molecule has 2 atom stereocenters. The summed E-state index contributed by atoms with van der Waals surface area (Å²) in [6.45, 7) is 5.76. The van der Waals surface area contributed by atoms with E-state index >= 15 is 0 Å². The standard InChI is InChI=1S/C17H26N2/c1-12(2)19-10-4-7-16(18)17(19)15-6-3-5-14(11-15)13-8-9-13/h3,5-6,11-13,16-17H,4,7-10,18H2,1-2H3. The molecule has 0 bridgehead atoms. The molecule has 2 nitrogen and oxygen atoms in total. The topological polar surface area (TPSA) is 29.3 Å². The highest BCUT2D eigenvalue weighted by molar-refractivity contribution is 5.32. The molecule has 1 aromatic rings. The molecule has 0 radical (unpaired) electrons. The van der Waals surface area contributed by atoms with Gasteiger partial charge < -0.3 is 5.73 Å². The molecule has 104 valence electrons. The van der Waals surface area contributed by atoms with E-state index in [1.165, 1.54) is 36.9 Å². The molecule has 0 spiro atoms. The van der Waals surface area contributed by atoms with Crippen LogP contribution in [0.15, 0.2) is 24.3 Å². The molecular formula is C17H26N2. The van der Waals surface area contributed by atoms with Gasteiger partial charge in [0, 0.05) is 12.1 Å². The highest BCUT2D eigenvalue weighted by Gasteiger charge is 2.32. The lowest BCUT2D eigenvalue weighted by Gasteiger charge is -2.42. The van der Waals surface area contributed by atoms with Gasteiger partial charge in [0.2, 0.25) is 0 Å². The fourth-order valence-electron chi connectivity index (χ4n) is 3.48. The van der Waals surface area contributed by atoms with Crippen LogP contribution in [-0.4, -0.2) is 23.5 Å². The van der Waals surface area contributed by atoms with E-state index in [4.69, 9.17) is 5.73 Å². The third-order valence-corrected chi connectivity index (χ3v) is 4.68. The van der Waals surface area contributed by atoms with Crippen molar-refractivity contribution in [2.75, 3.05) is 6.54 Å². The Morgan fingerprint density at radius 1 is 1.16 bits per heavy atom. The number of benzene rings is 1. The van der Waals surface area contributed by atoms with E-state index in [0.717, 1.165) is 12.3 Å². The molecule has 2 unspecified atom stereocenters. The first-order chi connectivity index (χ1) is 9.16. The summed E-state index contributed by atoms with van der Waals surface area (Å²) >= 11 is 0. The normalized spacial score (nSPS) is 28.8. The van der Waals surface area contributed by atoms with Gasteiger partial charge in [0.05, 0.1) is 6.04 Å². The van der Waals surface area contributed by atoms with Crippen LogP contribution in [-0.2, 0) is 0 Å². The second-order valence-corrected chi connectivity index (χ2v) is 6.53. The van der Waals surface area contributed by atoms with Gasteiger partial charge in [0.15, 0.2) is 0 Å². The highest BCUT2D eigenvalue weighted by Crippen LogP contribution is 2.41. The van der Waals surface area contributed by atoms with Crippen LogP contribution in [0, 0.1) is 0 Å². The number of nitrogens with two attached hydrogens (primary N) is 1. The van der Waals surface area contributed by atoms with Gasteiger partial charge in [0.1, 0.15) is 0 Å². The summed E-state index contributed by atoms with van der Waals surface area (Å²) in [5.74, 6) is 0.826. The Kier molecular flexibility index (Phi) is 3.64. The molecule has 1 aromatic carbocycles. The first-order valence-electron chi connectivity index (χ1n) is 7.78. The van der Waals surface area contributed by atoms with Crippen molar-refractivity contribution in [1.29, 1.82) is 0 Å². The summed E-state index contributed by atoms with van der Waals surface area (Å²) < 4.78 is 0. The Labute approximate surface area is 117 Å². The maximum absolute atomic E-state index is 6.44. The number of nitrogens with zero attached hydrogens (tertiary/aromatic N) is 1. The van der Waals surface area contributed by atoms with Crippen LogP contribution in [0.3, 0.4) is 0 Å². The van der Waals surface area contributed by atoms with Crippen LogP contribution in [0.1, 0.15) is 62.6 Å². The SMILES string of the molecule is CC(C)N1CCCC(N)C1c1cccc(C2CC2)c1. The summed E-state index contributed by atoms with van der Waals surface area (Å²) in [5.41, 5.74) is 9.40. The Bertz CT molecular complexity index is 437. The molecular weight excluding hydrogens is 232 g/mol. The zero-order valence-corrected chi connectivity index (χ0v) is 12.2. The van der Waals surface area contributed by atoms with Crippen LogP contribution >= 0.6 is 0 Å². The van der Waals surface area contributed by atoms with Crippen molar-refractivity contribution in [3.05, 3.63) is 35.4 Å². The van der Waals surface area contributed by atoms with Crippen molar-refractivity contribution >= 4 is 0 Å². The predicted molar refractivity (Wildman–Crippen MR) is 80.2 cm³/mol. The molecule has 1 aliphatic heterocycles. The van der Waals surface area contributed by atoms with Gasteiger partial charge in [-0.1, -0.05) is 24.3 Å². The summed E-state index contributed by atoms with van der Waals surface area (Å²) in [4.78, 5) is 2.58. The molecule has 2 N–H and O–H groups in total. The third kappa shape index (κ3) is 2.70. The first-order valence-corrected chi connectivity index (χ1v) is 7.78. The van der Waals surface area contributed by atoms with Gasteiger partial charge in [0.25, 0.3) is 0 Å². The predicted octanol–water partition coefficient (Wildman–Crippen LogP) is 3.44. The van der Waals surface area contributed by atoms with Crippen LogP contribution in [0.5, 0.6) is 0 Å². The average molecular weight is 258 g/mol. The average Bonchev–Trinajstić information content (AvgIpc) is 3.22. The van der Waals surface area contributed by atoms with Crippen LogP contribution < -0.4 is 5.73 Å². The Balaban J connectivity index is 1.90. The van der Waals surface area contributed by atoms with Gasteiger partial charge in [-0.15, -0.1) is 0 Å². The molecule has 1 saturated carbocycles. The van der Waals surface area contributed by atoms with Gasteiger partial charge in [-0.25, -0.2) is 0 Å². The second kappa shape index (κ2) is 5.26. The number of rotatable bonds is 3. The lowest BCUT2D eigenvalue weighted by Crippen LogP contribution is -2.48. The molecule has 1 heterocycles. The Morgan fingerprint density at radius 3 is 2.58 bits per heavy atom. The summed E-state index contributed by atoms with van der Waals surface area (Å²) in [6, 6.07) is 10.5. The quantitative estimate of drug-likeness (QED) is 0.900. The van der Waals surface area contributed by atoms with E-state index in [1.54, 1.807) is 0 Å². The molecule has 2 aliphatic rings. The lowest BCUT2D eigenvalue weighted by molar-refractivity contribution is 0.0946. The minimum atomic E-state index is 0.283. The fraction of sp³-hybridized carbons (Fsp3) is 0.647. The smallest absolute Gasteiger partial charge is 0.0501 e. The Morgan fingerprint density at radius 2 is 1.89 bits per heavy atom. The largest absolute Gasteiger partial charge is 0.326 e.